The van der Waals surface area contributed by atoms with E-state index in [0.29, 0.717) is 0 Å². The van der Waals surface area contributed by atoms with Crippen molar-refractivity contribution in [2.75, 3.05) is 7.11 Å². The number of carbonyl (C=O) groups is 1. The number of benzene rings is 2. The lowest BCUT2D eigenvalue weighted by Crippen LogP contribution is -2.35. The normalized spacial score (nSPS) is 14.4. The smallest absolute Gasteiger partial charge is 0.468 e. The summed E-state index contributed by atoms with van der Waals surface area (Å²) in [5.41, 5.74) is 0.613. The van der Waals surface area contributed by atoms with Crippen molar-refractivity contribution >= 4 is 13.7 Å². The van der Waals surface area contributed by atoms with Crippen molar-refractivity contribution in [3.8, 4) is 11.5 Å². The molecule has 1 N–H and O–H groups in total. The second-order valence-electron chi connectivity index (χ2n) is 7.73. The number of carbonyl (C=O) groups excluding carboxylic acids is 1. The van der Waals surface area contributed by atoms with Crippen molar-refractivity contribution < 1.29 is 45.1 Å². The Bertz CT molecular complexity index is 1030. The van der Waals surface area contributed by atoms with Crippen molar-refractivity contribution in [1.29, 1.82) is 0 Å². The van der Waals surface area contributed by atoms with Gasteiger partial charge >= 0.3 is 13.7 Å². The minimum Gasteiger partial charge on any atom is -0.468 e. The molecule has 0 saturated carbocycles. The van der Waals surface area contributed by atoms with Gasteiger partial charge in [0.2, 0.25) is 34.8 Å². The number of methoxy groups -OCH3 is 1. The number of nitrogens with one attached hydrogen (secondary N) is 1. The average Bonchev–Trinajstić information content (AvgIpc) is 2.73. The molecule has 0 aliphatic rings. The van der Waals surface area contributed by atoms with Gasteiger partial charge < -0.3 is 13.8 Å². The van der Waals surface area contributed by atoms with Crippen LogP contribution in [0.5, 0.6) is 11.5 Å². The standard InChI is InChI=1S/C20H21F5NO5P/c1-10(19(27)29-5)26-32(28,30-12-8-6-11(7-9-12)20(2,3)4)31-18-16(24)14(22)13(21)15(23)17(18)25/h6-10H,1-5H3,(H,26,28)/t10-,32?/m0/s1. The van der Waals surface area contributed by atoms with Crippen LogP contribution in [0, 0.1) is 29.1 Å². The van der Waals surface area contributed by atoms with E-state index in [-0.39, 0.29) is 11.2 Å². The van der Waals surface area contributed by atoms with E-state index in [1.165, 1.54) is 12.1 Å². The van der Waals surface area contributed by atoms with Gasteiger partial charge in [0.1, 0.15) is 11.8 Å². The number of ether oxygens (including phenoxy) is 1. The molecule has 6 nitrogen and oxygen atoms in total. The van der Waals surface area contributed by atoms with E-state index in [2.05, 4.69) is 14.3 Å². The first kappa shape index (κ1) is 25.6. The van der Waals surface area contributed by atoms with Crippen LogP contribution in [-0.4, -0.2) is 19.1 Å². The van der Waals surface area contributed by atoms with Crippen LogP contribution < -0.4 is 14.1 Å². The van der Waals surface area contributed by atoms with Gasteiger partial charge in [-0.2, -0.15) is 13.9 Å². The summed E-state index contributed by atoms with van der Waals surface area (Å²) >= 11 is 0. The summed E-state index contributed by atoms with van der Waals surface area (Å²) in [6.45, 7) is 6.95. The lowest BCUT2D eigenvalue weighted by atomic mass is 9.87. The van der Waals surface area contributed by atoms with Crippen LogP contribution in [0.25, 0.3) is 0 Å². The monoisotopic (exact) mass is 481 g/mol. The highest BCUT2D eigenvalue weighted by molar-refractivity contribution is 7.52. The van der Waals surface area contributed by atoms with Gasteiger partial charge in [0.05, 0.1) is 7.11 Å². The Morgan fingerprint density at radius 2 is 1.38 bits per heavy atom. The molecule has 2 aromatic carbocycles. The fraction of sp³-hybridized carbons (Fsp3) is 0.350. The zero-order valence-corrected chi connectivity index (χ0v) is 18.7. The van der Waals surface area contributed by atoms with Gasteiger partial charge in [0.25, 0.3) is 0 Å². The molecule has 0 aliphatic carbocycles. The third-order valence-corrected chi connectivity index (χ3v) is 5.81. The zero-order valence-electron chi connectivity index (χ0n) is 17.8. The first-order valence-electron chi connectivity index (χ1n) is 9.17. The van der Waals surface area contributed by atoms with E-state index in [1.54, 1.807) is 12.1 Å². The molecule has 2 aromatic rings. The Hall–Kier alpha value is -2.65. The molecule has 32 heavy (non-hydrogen) atoms. The van der Waals surface area contributed by atoms with Crippen molar-refractivity contribution in [3.05, 3.63) is 58.9 Å². The van der Waals surface area contributed by atoms with Gasteiger partial charge in [0, 0.05) is 0 Å². The van der Waals surface area contributed by atoms with Crippen LogP contribution in [0.2, 0.25) is 0 Å². The second-order valence-corrected chi connectivity index (χ2v) is 9.35. The number of hydrogen-bond donors (Lipinski definition) is 1. The number of hydrogen-bond acceptors (Lipinski definition) is 5. The topological polar surface area (TPSA) is 73.9 Å². The van der Waals surface area contributed by atoms with Gasteiger partial charge in [-0.3, -0.25) is 4.79 Å². The number of rotatable bonds is 7. The Balaban J connectivity index is 2.49. The van der Waals surface area contributed by atoms with E-state index in [0.717, 1.165) is 19.6 Å². The van der Waals surface area contributed by atoms with Gasteiger partial charge in [-0.25, -0.2) is 17.7 Å². The first-order chi connectivity index (χ1) is 14.7. The average molecular weight is 481 g/mol. The van der Waals surface area contributed by atoms with E-state index in [4.69, 9.17) is 4.52 Å². The maximum absolute atomic E-state index is 14.1. The fourth-order valence-corrected chi connectivity index (χ4v) is 4.00. The van der Waals surface area contributed by atoms with Crippen molar-refractivity contribution in [1.82, 2.24) is 5.09 Å². The van der Waals surface area contributed by atoms with Crippen LogP contribution in [0.4, 0.5) is 22.0 Å². The van der Waals surface area contributed by atoms with Crippen LogP contribution in [-0.2, 0) is 19.5 Å². The molecule has 2 atom stereocenters. The quantitative estimate of drug-likeness (QED) is 0.188. The second kappa shape index (κ2) is 9.46. The lowest BCUT2D eigenvalue weighted by Gasteiger charge is -2.24. The van der Waals surface area contributed by atoms with Crippen molar-refractivity contribution in [2.24, 2.45) is 0 Å². The molecule has 0 bridgehead atoms. The molecule has 12 heteroatoms. The summed E-state index contributed by atoms with van der Waals surface area (Å²) in [6, 6.07) is 4.55. The van der Waals surface area contributed by atoms with Crippen LogP contribution in [0.15, 0.2) is 24.3 Å². The molecule has 2 rings (SSSR count). The fourth-order valence-electron chi connectivity index (χ4n) is 2.48. The molecule has 0 spiro atoms. The van der Waals surface area contributed by atoms with Crippen molar-refractivity contribution in [3.63, 3.8) is 0 Å². The minimum atomic E-state index is -4.94. The van der Waals surface area contributed by atoms with Gasteiger partial charge in [0.15, 0.2) is 0 Å². The van der Waals surface area contributed by atoms with Gasteiger partial charge in [-0.05, 0) is 30.0 Å². The third kappa shape index (κ3) is 5.58. The lowest BCUT2D eigenvalue weighted by molar-refractivity contribution is -0.142. The van der Waals surface area contributed by atoms with Gasteiger partial charge in [-0.15, -0.1) is 0 Å². The van der Waals surface area contributed by atoms with E-state index < -0.39 is 54.6 Å². The largest absolute Gasteiger partial charge is 0.513 e. The van der Waals surface area contributed by atoms with E-state index in [9.17, 15) is 31.3 Å². The molecule has 176 valence electrons. The van der Waals surface area contributed by atoms with E-state index in [1.807, 2.05) is 20.8 Å². The summed E-state index contributed by atoms with van der Waals surface area (Å²) < 4.78 is 96.1. The molecule has 0 aromatic heterocycles. The molecule has 0 fully saturated rings. The maximum Gasteiger partial charge on any atom is 0.513 e. The predicted molar refractivity (Wildman–Crippen MR) is 105 cm³/mol. The highest BCUT2D eigenvalue weighted by atomic mass is 31.2. The summed E-state index contributed by atoms with van der Waals surface area (Å²) in [5, 5.41) is 2.06. The molecule has 0 saturated heterocycles. The van der Waals surface area contributed by atoms with Crippen LogP contribution in [0.3, 0.4) is 0 Å². The Labute approximate surface area is 181 Å². The molecule has 0 heterocycles. The Kier molecular flexibility index (Phi) is 7.57. The molecular formula is C20H21F5NO5P. The van der Waals surface area contributed by atoms with E-state index >= 15 is 0 Å². The highest BCUT2D eigenvalue weighted by Gasteiger charge is 2.38. The summed E-state index contributed by atoms with van der Waals surface area (Å²) in [4.78, 5) is 11.7. The first-order valence-corrected chi connectivity index (χ1v) is 10.7. The Morgan fingerprint density at radius 3 is 1.81 bits per heavy atom. The SMILES string of the molecule is COC(=O)[C@H](C)NP(=O)(Oc1ccc(C(C)(C)C)cc1)Oc1c(F)c(F)c(F)c(F)c1F. The van der Waals surface area contributed by atoms with Gasteiger partial charge in [-0.1, -0.05) is 32.9 Å². The summed E-state index contributed by atoms with van der Waals surface area (Å²) in [7, 11) is -3.92. The summed E-state index contributed by atoms with van der Waals surface area (Å²) in [6.07, 6.45) is 0. The molecule has 0 aliphatic heterocycles. The minimum absolute atomic E-state index is 0.130. The molecule has 0 radical (unpaired) electrons. The maximum atomic E-state index is 14.1. The zero-order chi connectivity index (χ0) is 24.4. The van der Waals surface area contributed by atoms with Crippen molar-refractivity contribution in [2.45, 2.75) is 39.2 Å². The molecule has 1 unspecified atom stereocenters. The summed E-state index contributed by atoms with van der Waals surface area (Å²) in [5.74, 6) is -14.7. The number of esters is 1. The Morgan fingerprint density at radius 1 is 0.906 bits per heavy atom. The number of halogens is 5. The predicted octanol–water partition coefficient (Wildman–Crippen LogP) is 5.40. The molecule has 0 amide bonds. The van der Waals surface area contributed by atoms with Crippen LogP contribution in [0.1, 0.15) is 33.3 Å². The molecular weight excluding hydrogens is 460 g/mol. The third-order valence-electron chi connectivity index (χ3n) is 4.23. The highest BCUT2D eigenvalue weighted by Crippen LogP contribution is 2.47. The van der Waals surface area contributed by atoms with Crippen LogP contribution >= 0.6 is 7.75 Å².